The molecule has 1 aliphatic carbocycles. The molecule has 0 radical (unpaired) electrons. The monoisotopic (exact) mass is 455 g/mol. The number of carbonyl (C=O) groups is 2. The molecule has 7 heteroatoms. The van der Waals surface area contributed by atoms with Gasteiger partial charge in [-0.25, -0.2) is 0 Å². The molecular formula is C26H37N3O4. The van der Waals surface area contributed by atoms with Gasteiger partial charge in [0.25, 0.3) is 5.91 Å². The third-order valence-electron chi connectivity index (χ3n) is 7.67. The third kappa shape index (κ3) is 4.47. The molecule has 1 N–H and O–H groups in total. The van der Waals surface area contributed by atoms with Crippen molar-refractivity contribution in [3.05, 3.63) is 36.2 Å². The summed E-state index contributed by atoms with van der Waals surface area (Å²) >= 11 is 0. The molecular weight excluding hydrogens is 418 g/mol. The fourth-order valence-electron chi connectivity index (χ4n) is 5.34. The Morgan fingerprint density at radius 1 is 1.24 bits per heavy atom. The second-order valence-corrected chi connectivity index (χ2v) is 9.80. The number of aromatic nitrogens is 1. The summed E-state index contributed by atoms with van der Waals surface area (Å²) < 4.78 is 13.1. The van der Waals surface area contributed by atoms with Crippen molar-refractivity contribution in [1.29, 1.82) is 0 Å². The summed E-state index contributed by atoms with van der Waals surface area (Å²) in [6.07, 6.45) is 5.61. The predicted octanol–water partition coefficient (Wildman–Crippen LogP) is 4.33. The SMILES string of the molecule is CCOCCCN1C(=O)c2ccc(-c3ccco3)n2CC1(C)C(=O)NC1CCCC(C)C1C. The van der Waals surface area contributed by atoms with Crippen LogP contribution in [0.15, 0.2) is 34.9 Å². The third-order valence-corrected chi connectivity index (χ3v) is 7.67. The first-order valence-electron chi connectivity index (χ1n) is 12.3. The van der Waals surface area contributed by atoms with E-state index in [1.54, 1.807) is 11.2 Å². The lowest BCUT2D eigenvalue weighted by atomic mass is 9.77. The molecule has 4 atom stereocenters. The number of ether oxygens (including phenoxy) is 1. The van der Waals surface area contributed by atoms with Crippen molar-refractivity contribution in [1.82, 2.24) is 14.8 Å². The molecule has 0 bridgehead atoms. The Morgan fingerprint density at radius 3 is 2.76 bits per heavy atom. The van der Waals surface area contributed by atoms with E-state index in [1.165, 1.54) is 6.42 Å². The fourth-order valence-corrected chi connectivity index (χ4v) is 5.34. The van der Waals surface area contributed by atoms with E-state index < -0.39 is 5.54 Å². The van der Waals surface area contributed by atoms with Crippen LogP contribution in [0.25, 0.3) is 11.5 Å². The Kier molecular flexibility index (Phi) is 6.98. The Bertz CT molecular complexity index is 966. The van der Waals surface area contributed by atoms with Crippen LogP contribution in [0.4, 0.5) is 0 Å². The van der Waals surface area contributed by atoms with Crippen molar-refractivity contribution in [2.75, 3.05) is 19.8 Å². The van der Waals surface area contributed by atoms with Gasteiger partial charge in [-0.05, 0) is 62.8 Å². The zero-order valence-electron chi connectivity index (χ0n) is 20.3. The summed E-state index contributed by atoms with van der Waals surface area (Å²) in [7, 11) is 0. The maximum absolute atomic E-state index is 13.8. The first kappa shape index (κ1) is 23.6. The standard InChI is InChI=1S/C26H37N3O4/c1-5-32-15-8-14-29-24(30)22-13-12-21(23-11-7-16-33-23)28(22)17-26(29,4)25(31)27-20-10-6-9-18(2)19(20)3/h7,11-13,16,18-20H,5-6,8-10,14-15,17H2,1-4H3,(H,27,31). The number of hydrogen-bond donors (Lipinski definition) is 1. The summed E-state index contributed by atoms with van der Waals surface area (Å²) in [5.41, 5.74) is 0.399. The number of fused-ring (bicyclic) bond motifs is 1. The molecule has 3 heterocycles. The summed E-state index contributed by atoms with van der Waals surface area (Å²) in [4.78, 5) is 29.2. The Labute approximate surface area is 196 Å². The molecule has 180 valence electrons. The maximum atomic E-state index is 13.8. The van der Waals surface area contributed by atoms with Crippen molar-refractivity contribution < 1.29 is 18.7 Å². The highest BCUT2D eigenvalue weighted by atomic mass is 16.5. The lowest BCUT2D eigenvalue weighted by molar-refractivity contribution is -0.134. The quantitative estimate of drug-likeness (QED) is 0.601. The van der Waals surface area contributed by atoms with E-state index in [4.69, 9.17) is 9.15 Å². The maximum Gasteiger partial charge on any atom is 0.271 e. The number of carbonyl (C=O) groups excluding carboxylic acids is 2. The molecule has 0 aromatic carbocycles. The minimum Gasteiger partial charge on any atom is -0.463 e. The fraction of sp³-hybridized carbons (Fsp3) is 0.615. The van der Waals surface area contributed by atoms with E-state index in [0.717, 1.165) is 18.5 Å². The first-order valence-corrected chi connectivity index (χ1v) is 12.3. The van der Waals surface area contributed by atoms with Gasteiger partial charge in [-0.3, -0.25) is 9.59 Å². The smallest absolute Gasteiger partial charge is 0.271 e. The molecule has 1 aliphatic heterocycles. The molecule has 7 nitrogen and oxygen atoms in total. The van der Waals surface area contributed by atoms with Gasteiger partial charge in [-0.15, -0.1) is 0 Å². The topological polar surface area (TPSA) is 76.7 Å². The molecule has 2 aliphatic rings. The molecule has 33 heavy (non-hydrogen) atoms. The average Bonchev–Trinajstić information content (AvgIpc) is 3.46. The largest absolute Gasteiger partial charge is 0.463 e. The van der Waals surface area contributed by atoms with E-state index in [0.29, 0.717) is 56.0 Å². The van der Waals surface area contributed by atoms with Crippen LogP contribution in [-0.2, 0) is 16.1 Å². The van der Waals surface area contributed by atoms with E-state index in [-0.39, 0.29) is 17.9 Å². The van der Waals surface area contributed by atoms with E-state index in [2.05, 4.69) is 19.2 Å². The van der Waals surface area contributed by atoms with Gasteiger partial charge in [0, 0.05) is 25.8 Å². The predicted molar refractivity (Wildman–Crippen MR) is 127 cm³/mol. The molecule has 2 aromatic rings. The van der Waals surface area contributed by atoms with E-state index >= 15 is 0 Å². The lowest BCUT2D eigenvalue weighted by Crippen LogP contribution is -2.65. The lowest BCUT2D eigenvalue weighted by Gasteiger charge is -2.46. The summed E-state index contributed by atoms with van der Waals surface area (Å²) in [5.74, 6) is 1.48. The van der Waals surface area contributed by atoms with Crippen LogP contribution in [0.1, 0.15) is 63.9 Å². The zero-order valence-corrected chi connectivity index (χ0v) is 20.3. The summed E-state index contributed by atoms with van der Waals surface area (Å²) in [6, 6.07) is 7.58. The number of furan rings is 1. The number of amides is 2. The molecule has 1 fully saturated rings. The first-order chi connectivity index (χ1) is 15.9. The van der Waals surface area contributed by atoms with Crippen LogP contribution in [0.5, 0.6) is 0 Å². The molecule has 2 amide bonds. The zero-order chi connectivity index (χ0) is 23.6. The number of rotatable bonds is 8. The average molecular weight is 456 g/mol. The van der Waals surface area contributed by atoms with Gasteiger partial charge < -0.3 is 23.9 Å². The molecule has 4 rings (SSSR count). The van der Waals surface area contributed by atoms with Gasteiger partial charge in [0.2, 0.25) is 5.91 Å². The van der Waals surface area contributed by atoms with Crippen molar-refractivity contribution in [2.45, 2.75) is 71.5 Å². The minimum atomic E-state index is -1.00. The Morgan fingerprint density at radius 2 is 2.03 bits per heavy atom. The number of hydrogen-bond acceptors (Lipinski definition) is 4. The Balaban J connectivity index is 1.64. The second-order valence-electron chi connectivity index (χ2n) is 9.80. The van der Waals surface area contributed by atoms with Gasteiger partial charge in [0.15, 0.2) is 0 Å². The van der Waals surface area contributed by atoms with Crippen molar-refractivity contribution in [3.63, 3.8) is 0 Å². The van der Waals surface area contributed by atoms with Crippen molar-refractivity contribution in [2.24, 2.45) is 11.8 Å². The highest BCUT2D eigenvalue weighted by Crippen LogP contribution is 2.35. The summed E-state index contributed by atoms with van der Waals surface area (Å²) in [5, 5.41) is 3.34. The van der Waals surface area contributed by atoms with Crippen LogP contribution in [0.3, 0.4) is 0 Å². The van der Waals surface area contributed by atoms with Gasteiger partial charge in [0.05, 0.1) is 18.5 Å². The van der Waals surface area contributed by atoms with E-state index in [1.807, 2.05) is 42.7 Å². The molecule has 2 aromatic heterocycles. The molecule has 0 saturated heterocycles. The van der Waals surface area contributed by atoms with Crippen LogP contribution in [0.2, 0.25) is 0 Å². The van der Waals surface area contributed by atoms with Gasteiger partial charge >= 0.3 is 0 Å². The van der Waals surface area contributed by atoms with Gasteiger partial charge in [-0.2, -0.15) is 0 Å². The molecule has 0 spiro atoms. The van der Waals surface area contributed by atoms with Crippen LogP contribution in [-0.4, -0.2) is 52.6 Å². The van der Waals surface area contributed by atoms with E-state index in [9.17, 15) is 9.59 Å². The number of nitrogens with one attached hydrogen (secondary N) is 1. The van der Waals surface area contributed by atoms with Crippen molar-refractivity contribution >= 4 is 11.8 Å². The highest BCUT2D eigenvalue weighted by molar-refractivity contribution is 6.00. The number of nitrogens with zero attached hydrogens (tertiary/aromatic N) is 2. The van der Waals surface area contributed by atoms with Gasteiger partial charge in [0.1, 0.15) is 17.0 Å². The summed E-state index contributed by atoms with van der Waals surface area (Å²) in [6.45, 7) is 10.4. The molecule has 4 unspecified atom stereocenters. The van der Waals surface area contributed by atoms with Crippen LogP contribution < -0.4 is 5.32 Å². The highest BCUT2D eigenvalue weighted by Gasteiger charge is 2.48. The van der Waals surface area contributed by atoms with Crippen molar-refractivity contribution in [3.8, 4) is 11.5 Å². The van der Waals surface area contributed by atoms with Gasteiger partial charge in [-0.1, -0.05) is 26.7 Å². The Hall–Kier alpha value is -2.54. The second kappa shape index (κ2) is 9.75. The van der Waals surface area contributed by atoms with Crippen LogP contribution >= 0.6 is 0 Å². The minimum absolute atomic E-state index is 0.0806. The van der Waals surface area contributed by atoms with Crippen LogP contribution in [0, 0.1) is 11.8 Å². The molecule has 1 saturated carbocycles. The normalized spacial score (nSPS) is 27.5.